The summed E-state index contributed by atoms with van der Waals surface area (Å²) in [5.74, 6) is 0.748. The minimum atomic E-state index is -1.21. The van der Waals surface area contributed by atoms with E-state index in [9.17, 15) is 15.3 Å². The van der Waals surface area contributed by atoms with Crippen LogP contribution in [-0.2, 0) is 4.74 Å². The van der Waals surface area contributed by atoms with E-state index in [2.05, 4.69) is 68.8 Å². The standard InChI is InChI=1S/C24H23N5O4/c30-10-18-20(31)21(32)24(33-18)29-12-28-19-22(26-11-27-23(19)29)25-9-17-15-7-3-1-5-13(15)14-6-2-4-8-16(14)17/h1-8,11-12,17-18,20-21,24,30-32H,9-10H2,(H,25,26,27)/t18-,20-,21-,24?/m1/s1. The average molecular weight is 445 g/mol. The third-order valence-electron chi connectivity index (χ3n) is 6.59. The smallest absolute Gasteiger partial charge is 0.167 e. The van der Waals surface area contributed by atoms with Gasteiger partial charge in [0, 0.05) is 12.5 Å². The van der Waals surface area contributed by atoms with Crippen LogP contribution in [0.4, 0.5) is 5.82 Å². The zero-order chi connectivity index (χ0) is 22.5. The molecule has 0 saturated carbocycles. The zero-order valence-corrected chi connectivity index (χ0v) is 17.6. The largest absolute Gasteiger partial charge is 0.394 e. The van der Waals surface area contributed by atoms with E-state index in [1.165, 1.54) is 34.9 Å². The van der Waals surface area contributed by atoms with Crippen molar-refractivity contribution in [3.63, 3.8) is 0 Å². The minimum Gasteiger partial charge on any atom is -0.394 e. The molecule has 1 aliphatic heterocycles. The molecular weight excluding hydrogens is 422 g/mol. The topological polar surface area (TPSA) is 126 Å². The molecule has 2 aromatic heterocycles. The zero-order valence-electron chi connectivity index (χ0n) is 17.6. The number of aliphatic hydroxyl groups excluding tert-OH is 3. The van der Waals surface area contributed by atoms with Crippen molar-refractivity contribution in [1.29, 1.82) is 0 Å². The molecule has 33 heavy (non-hydrogen) atoms. The molecule has 0 bridgehead atoms. The van der Waals surface area contributed by atoms with Crippen molar-refractivity contribution in [3.8, 4) is 11.1 Å². The molecule has 9 nitrogen and oxygen atoms in total. The van der Waals surface area contributed by atoms with Gasteiger partial charge in [-0.2, -0.15) is 0 Å². The highest BCUT2D eigenvalue weighted by molar-refractivity contribution is 5.83. The summed E-state index contributed by atoms with van der Waals surface area (Å²) < 4.78 is 7.20. The predicted molar refractivity (Wildman–Crippen MR) is 121 cm³/mol. The van der Waals surface area contributed by atoms with Crippen LogP contribution in [0.1, 0.15) is 23.3 Å². The predicted octanol–water partition coefficient (Wildman–Crippen LogP) is 1.66. The summed E-state index contributed by atoms with van der Waals surface area (Å²) in [5.41, 5.74) is 6.05. The molecule has 4 aromatic rings. The number of fused-ring (bicyclic) bond motifs is 4. The van der Waals surface area contributed by atoms with Crippen LogP contribution in [0, 0.1) is 0 Å². The van der Waals surface area contributed by atoms with Crippen molar-refractivity contribution < 1.29 is 20.1 Å². The fourth-order valence-corrected chi connectivity index (χ4v) is 4.96. The van der Waals surface area contributed by atoms with Gasteiger partial charge in [0.25, 0.3) is 0 Å². The Morgan fingerprint density at radius 2 is 1.61 bits per heavy atom. The fourth-order valence-electron chi connectivity index (χ4n) is 4.96. The quantitative estimate of drug-likeness (QED) is 0.366. The van der Waals surface area contributed by atoms with E-state index in [0.29, 0.717) is 23.5 Å². The van der Waals surface area contributed by atoms with Crippen LogP contribution in [-0.4, -0.2) is 66.3 Å². The maximum atomic E-state index is 10.4. The summed E-state index contributed by atoms with van der Waals surface area (Å²) in [4.78, 5) is 13.2. The first kappa shape index (κ1) is 20.3. The maximum absolute atomic E-state index is 10.4. The number of aliphatic hydroxyl groups is 3. The van der Waals surface area contributed by atoms with Crippen molar-refractivity contribution in [3.05, 3.63) is 72.3 Å². The van der Waals surface area contributed by atoms with Gasteiger partial charge >= 0.3 is 0 Å². The van der Waals surface area contributed by atoms with Crippen molar-refractivity contribution in [2.45, 2.75) is 30.5 Å². The van der Waals surface area contributed by atoms with E-state index in [-0.39, 0.29) is 5.92 Å². The summed E-state index contributed by atoms with van der Waals surface area (Å²) in [6.07, 6.45) is -1.24. The van der Waals surface area contributed by atoms with Crippen molar-refractivity contribution >= 4 is 17.0 Å². The van der Waals surface area contributed by atoms with Gasteiger partial charge in [-0.15, -0.1) is 0 Å². The number of nitrogens with zero attached hydrogens (tertiary/aromatic N) is 4. The van der Waals surface area contributed by atoms with Gasteiger partial charge in [-0.05, 0) is 22.3 Å². The minimum absolute atomic E-state index is 0.171. The maximum Gasteiger partial charge on any atom is 0.167 e. The Morgan fingerprint density at radius 3 is 2.27 bits per heavy atom. The molecule has 168 valence electrons. The third-order valence-corrected chi connectivity index (χ3v) is 6.59. The highest BCUT2D eigenvalue weighted by Crippen LogP contribution is 2.44. The van der Waals surface area contributed by atoms with E-state index in [1.54, 1.807) is 4.57 Å². The number of hydrogen-bond donors (Lipinski definition) is 4. The van der Waals surface area contributed by atoms with E-state index in [0.717, 1.165) is 0 Å². The monoisotopic (exact) mass is 445 g/mol. The summed E-state index contributed by atoms with van der Waals surface area (Å²) >= 11 is 0. The van der Waals surface area contributed by atoms with Gasteiger partial charge < -0.3 is 25.4 Å². The molecule has 2 aromatic carbocycles. The molecule has 4 atom stereocenters. The van der Waals surface area contributed by atoms with E-state index in [4.69, 9.17) is 4.74 Å². The number of aromatic nitrogens is 4. The van der Waals surface area contributed by atoms with Crippen molar-refractivity contribution in [2.24, 2.45) is 0 Å². The van der Waals surface area contributed by atoms with Gasteiger partial charge in [-0.3, -0.25) is 4.57 Å². The lowest BCUT2D eigenvalue weighted by Crippen LogP contribution is -2.33. The first-order chi connectivity index (χ1) is 16.2. The average Bonchev–Trinajstić information content (AvgIpc) is 3.51. The molecule has 1 fully saturated rings. The lowest BCUT2D eigenvalue weighted by molar-refractivity contribution is -0.0511. The summed E-state index contributed by atoms with van der Waals surface area (Å²) in [7, 11) is 0. The fraction of sp³-hybridized carbons (Fsp3) is 0.292. The second kappa shape index (κ2) is 7.89. The van der Waals surface area contributed by atoms with Crippen LogP contribution in [0.25, 0.3) is 22.3 Å². The Morgan fingerprint density at radius 1 is 0.909 bits per heavy atom. The molecular formula is C24H23N5O4. The Balaban J connectivity index is 1.30. The van der Waals surface area contributed by atoms with Crippen LogP contribution >= 0.6 is 0 Å². The lowest BCUT2D eigenvalue weighted by atomic mass is 9.97. The summed E-state index contributed by atoms with van der Waals surface area (Å²) in [5, 5.41) is 33.3. The molecule has 0 radical (unpaired) electrons. The Kier molecular flexibility index (Phi) is 4.84. The number of benzene rings is 2. The second-order valence-corrected chi connectivity index (χ2v) is 8.38. The number of nitrogens with one attached hydrogen (secondary N) is 1. The Hall–Kier alpha value is -3.37. The van der Waals surface area contributed by atoms with Gasteiger partial charge in [0.2, 0.25) is 0 Å². The van der Waals surface area contributed by atoms with Crippen molar-refractivity contribution in [1.82, 2.24) is 19.5 Å². The molecule has 3 heterocycles. The molecule has 4 N–H and O–H groups in total. The highest BCUT2D eigenvalue weighted by atomic mass is 16.6. The van der Waals surface area contributed by atoms with E-state index >= 15 is 0 Å². The molecule has 0 spiro atoms. The van der Waals surface area contributed by atoms with Gasteiger partial charge in [-0.1, -0.05) is 48.5 Å². The molecule has 2 aliphatic rings. The Bertz CT molecular complexity index is 1280. The molecule has 0 amide bonds. The summed E-state index contributed by atoms with van der Waals surface area (Å²) in [6.45, 7) is 0.230. The lowest BCUT2D eigenvalue weighted by Gasteiger charge is -2.17. The first-order valence-corrected chi connectivity index (χ1v) is 10.9. The molecule has 1 unspecified atom stereocenters. The van der Waals surface area contributed by atoms with Gasteiger partial charge in [-0.25, -0.2) is 15.0 Å². The molecule has 1 aliphatic carbocycles. The molecule has 1 saturated heterocycles. The molecule has 6 rings (SSSR count). The van der Waals surface area contributed by atoms with Crippen molar-refractivity contribution in [2.75, 3.05) is 18.5 Å². The number of imidazole rings is 1. The SMILES string of the molecule is OC[C@H]1OC(n2cnc3c(NCC4c5ccccc5-c5ccccc54)ncnc32)[C@H](O)[C@@H]1O. The van der Waals surface area contributed by atoms with E-state index < -0.39 is 31.1 Å². The normalized spacial score (nSPS) is 24.2. The second-order valence-electron chi connectivity index (χ2n) is 8.38. The van der Waals surface area contributed by atoms with Gasteiger partial charge in [0.1, 0.15) is 24.6 Å². The van der Waals surface area contributed by atoms with Crippen LogP contribution in [0.3, 0.4) is 0 Å². The third kappa shape index (κ3) is 3.12. The molecule has 9 heteroatoms. The Labute approximate surface area is 189 Å². The van der Waals surface area contributed by atoms with Gasteiger partial charge in [0.15, 0.2) is 23.2 Å². The van der Waals surface area contributed by atoms with Crippen LogP contribution < -0.4 is 5.32 Å². The highest BCUT2D eigenvalue weighted by Gasteiger charge is 2.44. The van der Waals surface area contributed by atoms with Crippen LogP contribution in [0.2, 0.25) is 0 Å². The van der Waals surface area contributed by atoms with Crippen LogP contribution in [0.5, 0.6) is 0 Å². The van der Waals surface area contributed by atoms with E-state index in [1.807, 2.05) is 0 Å². The first-order valence-electron chi connectivity index (χ1n) is 10.9. The number of hydrogen-bond acceptors (Lipinski definition) is 8. The number of rotatable bonds is 5. The summed E-state index contributed by atoms with van der Waals surface area (Å²) in [6, 6.07) is 16.9. The number of ether oxygens (including phenoxy) is 1. The van der Waals surface area contributed by atoms with Gasteiger partial charge in [0.05, 0.1) is 12.9 Å². The van der Waals surface area contributed by atoms with Crippen LogP contribution in [0.15, 0.2) is 61.2 Å². The number of anilines is 1.